The van der Waals surface area contributed by atoms with Crippen LogP contribution in [0, 0.1) is 11.6 Å². The molecule has 90 valence electrons. The quantitative estimate of drug-likeness (QED) is 0.853. The molecule has 0 amide bonds. The first kappa shape index (κ1) is 13.1. The van der Waals surface area contributed by atoms with Gasteiger partial charge in [-0.15, -0.1) is 0 Å². The molecule has 2 N–H and O–H groups in total. The molecule has 1 aromatic rings. The molecule has 0 saturated carbocycles. The first-order valence-corrected chi connectivity index (χ1v) is 6.61. The van der Waals surface area contributed by atoms with Crippen LogP contribution in [0.15, 0.2) is 18.2 Å². The smallest absolute Gasteiger partial charge is 0.154 e. The fraction of sp³-hybridized carbons (Fsp3) is 0.400. The number of nitrogens with two attached hydrogens (primary N) is 1. The lowest BCUT2D eigenvalue weighted by Crippen LogP contribution is -2.14. The Morgan fingerprint density at radius 2 is 1.94 bits per heavy atom. The summed E-state index contributed by atoms with van der Waals surface area (Å²) in [6.45, 7) is 0.269. The highest BCUT2D eigenvalue weighted by Gasteiger charge is 2.14. The van der Waals surface area contributed by atoms with Crippen LogP contribution in [0.1, 0.15) is 12.0 Å². The van der Waals surface area contributed by atoms with E-state index in [-0.39, 0.29) is 17.9 Å². The summed E-state index contributed by atoms with van der Waals surface area (Å²) in [5.41, 5.74) is 5.18. The lowest BCUT2D eigenvalue weighted by Gasteiger charge is -2.04. The van der Waals surface area contributed by atoms with Crippen molar-refractivity contribution in [3.63, 3.8) is 0 Å². The molecule has 16 heavy (non-hydrogen) atoms. The van der Waals surface area contributed by atoms with Gasteiger partial charge in [-0.3, -0.25) is 0 Å². The van der Waals surface area contributed by atoms with Crippen molar-refractivity contribution in [3.05, 3.63) is 35.4 Å². The molecule has 1 rings (SSSR count). The average molecular weight is 249 g/mol. The summed E-state index contributed by atoms with van der Waals surface area (Å²) >= 11 is 0. The van der Waals surface area contributed by atoms with E-state index >= 15 is 0 Å². The van der Waals surface area contributed by atoms with Crippen molar-refractivity contribution in [2.75, 3.05) is 12.3 Å². The van der Waals surface area contributed by atoms with E-state index in [1.54, 1.807) is 0 Å². The zero-order valence-corrected chi connectivity index (χ0v) is 9.43. The fourth-order valence-corrected chi connectivity index (χ4v) is 2.71. The van der Waals surface area contributed by atoms with Gasteiger partial charge in [-0.05, 0) is 19.0 Å². The van der Waals surface area contributed by atoms with Gasteiger partial charge in [0.15, 0.2) is 9.84 Å². The first-order valence-electron chi connectivity index (χ1n) is 4.79. The van der Waals surface area contributed by atoms with Crippen LogP contribution in [-0.2, 0) is 15.6 Å². The van der Waals surface area contributed by atoms with E-state index in [2.05, 4.69) is 0 Å². The van der Waals surface area contributed by atoms with Crippen LogP contribution in [0.2, 0.25) is 0 Å². The van der Waals surface area contributed by atoms with Crippen molar-refractivity contribution in [1.29, 1.82) is 0 Å². The van der Waals surface area contributed by atoms with E-state index in [1.807, 2.05) is 0 Å². The van der Waals surface area contributed by atoms with E-state index in [1.165, 1.54) is 0 Å². The lowest BCUT2D eigenvalue weighted by molar-refractivity contribution is 0.569. The zero-order valence-electron chi connectivity index (χ0n) is 8.62. The Kier molecular flexibility index (Phi) is 4.37. The molecule has 0 unspecified atom stereocenters. The zero-order chi connectivity index (χ0) is 12.2. The molecule has 0 fully saturated rings. The third-order valence-electron chi connectivity index (χ3n) is 2.05. The minimum absolute atomic E-state index is 0.0154. The van der Waals surface area contributed by atoms with Crippen LogP contribution in [0.3, 0.4) is 0 Å². The highest BCUT2D eigenvalue weighted by Crippen LogP contribution is 2.13. The van der Waals surface area contributed by atoms with Gasteiger partial charge in [0.2, 0.25) is 0 Å². The van der Waals surface area contributed by atoms with Crippen LogP contribution in [0.5, 0.6) is 0 Å². The van der Waals surface area contributed by atoms with Crippen molar-refractivity contribution in [3.8, 4) is 0 Å². The number of benzene rings is 1. The van der Waals surface area contributed by atoms with Crippen LogP contribution in [0.25, 0.3) is 0 Å². The summed E-state index contributed by atoms with van der Waals surface area (Å²) in [5, 5.41) is 0. The van der Waals surface area contributed by atoms with E-state index in [0.717, 1.165) is 12.1 Å². The predicted octanol–water partition coefficient (Wildman–Crippen LogP) is 1.23. The van der Waals surface area contributed by atoms with E-state index < -0.39 is 27.2 Å². The Morgan fingerprint density at radius 1 is 1.25 bits per heavy atom. The Morgan fingerprint density at radius 3 is 2.50 bits per heavy atom. The van der Waals surface area contributed by atoms with Crippen molar-refractivity contribution >= 4 is 9.84 Å². The third kappa shape index (κ3) is 3.86. The van der Waals surface area contributed by atoms with Crippen molar-refractivity contribution in [2.45, 2.75) is 12.2 Å². The van der Waals surface area contributed by atoms with Crippen LogP contribution < -0.4 is 5.73 Å². The molecule has 0 aromatic heterocycles. The summed E-state index contributed by atoms with van der Waals surface area (Å²) in [5.74, 6) is -2.06. The van der Waals surface area contributed by atoms with Crippen molar-refractivity contribution in [1.82, 2.24) is 0 Å². The Balaban J connectivity index is 2.80. The average Bonchev–Trinajstić information content (AvgIpc) is 2.19. The second kappa shape index (κ2) is 5.36. The molecular weight excluding hydrogens is 236 g/mol. The minimum atomic E-state index is -3.37. The van der Waals surface area contributed by atoms with Gasteiger partial charge < -0.3 is 5.73 Å². The van der Waals surface area contributed by atoms with Gasteiger partial charge in [0, 0.05) is 11.6 Å². The molecule has 3 nitrogen and oxygen atoms in total. The van der Waals surface area contributed by atoms with E-state index in [4.69, 9.17) is 5.73 Å². The van der Waals surface area contributed by atoms with Crippen LogP contribution in [0.4, 0.5) is 8.78 Å². The molecule has 6 heteroatoms. The van der Waals surface area contributed by atoms with E-state index in [0.29, 0.717) is 12.5 Å². The summed E-state index contributed by atoms with van der Waals surface area (Å²) in [6, 6.07) is 2.86. The van der Waals surface area contributed by atoms with Gasteiger partial charge in [-0.25, -0.2) is 17.2 Å². The second-order valence-corrected chi connectivity index (χ2v) is 5.65. The minimum Gasteiger partial charge on any atom is -0.330 e. The highest BCUT2D eigenvalue weighted by atomic mass is 32.2. The topological polar surface area (TPSA) is 60.2 Å². The largest absolute Gasteiger partial charge is 0.330 e. The van der Waals surface area contributed by atoms with Gasteiger partial charge in [0.05, 0.1) is 11.5 Å². The molecule has 0 saturated heterocycles. The lowest BCUT2D eigenvalue weighted by atomic mass is 10.2. The summed E-state index contributed by atoms with van der Waals surface area (Å²) in [7, 11) is -3.37. The van der Waals surface area contributed by atoms with Crippen LogP contribution in [-0.4, -0.2) is 20.7 Å². The molecule has 1 aromatic carbocycles. The fourth-order valence-electron chi connectivity index (χ4n) is 1.25. The second-order valence-electron chi connectivity index (χ2n) is 3.47. The van der Waals surface area contributed by atoms with E-state index in [9.17, 15) is 17.2 Å². The Bertz CT molecular complexity index is 460. The Hall–Kier alpha value is -1.01. The highest BCUT2D eigenvalue weighted by molar-refractivity contribution is 7.90. The monoisotopic (exact) mass is 249 g/mol. The number of hydrogen-bond donors (Lipinski definition) is 1. The molecular formula is C10H13F2NO2S. The van der Waals surface area contributed by atoms with Crippen molar-refractivity contribution in [2.24, 2.45) is 5.73 Å². The number of hydrogen-bond acceptors (Lipinski definition) is 3. The molecule has 0 aliphatic heterocycles. The normalized spacial score (nSPS) is 11.7. The molecule has 0 aliphatic rings. The summed E-state index contributed by atoms with van der Waals surface area (Å²) in [4.78, 5) is 0. The van der Waals surface area contributed by atoms with Crippen molar-refractivity contribution < 1.29 is 17.2 Å². The maximum Gasteiger partial charge on any atom is 0.154 e. The Labute approximate surface area is 93.2 Å². The summed E-state index contributed by atoms with van der Waals surface area (Å²) < 4.78 is 48.7. The molecule has 0 aliphatic carbocycles. The van der Waals surface area contributed by atoms with Crippen LogP contribution >= 0.6 is 0 Å². The number of rotatable bonds is 5. The predicted molar refractivity (Wildman–Crippen MR) is 57.5 cm³/mol. The maximum atomic E-state index is 13.2. The standard InChI is InChI=1S/C10H13F2NO2S/c11-9-3-2-8(10(12)6-9)7-16(14,15)5-1-4-13/h2-3,6H,1,4-5,7,13H2. The molecule has 0 bridgehead atoms. The molecule has 0 radical (unpaired) electrons. The number of sulfone groups is 1. The SMILES string of the molecule is NCCCS(=O)(=O)Cc1ccc(F)cc1F. The van der Waals surface area contributed by atoms with Gasteiger partial charge in [0.1, 0.15) is 11.6 Å². The van der Waals surface area contributed by atoms with Gasteiger partial charge >= 0.3 is 0 Å². The number of halogens is 2. The third-order valence-corrected chi connectivity index (χ3v) is 3.71. The molecule has 0 atom stereocenters. The van der Waals surface area contributed by atoms with Gasteiger partial charge in [-0.1, -0.05) is 6.07 Å². The first-order chi connectivity index (χ1) is 7.44. The molecule has 0 spiro atoms. The molecule has 0 heterocycles. The van der Waals surface area contributed by atoms with Gasteiger partial charge in [0.25, 0.3) is 0 Å². The maximum absolute atomic E-state index is 13.2. The van der Waals surface area contributed by atoms with Gasteiger partial charge in [-0.2, -0.15) is 0 Å². The summed E-state index contributed by atoms with van der Waals surface area (Å²) in [6.07, 6.45) is 0.338.